The standard InChI is InChI=1S/C13H11F2N5/c1-2-20-7-18-11-12(16-6-17-13(11)20)19-10-5-8(14)3-4-9(10)15/h3-7H,2H2,1H3,(H,16,17,19). The third-order valence-electron chi connectivity index (χ3n) is 2.92. The first kappa shape index (κ1) is 12.5. The quantitative estimate of drug-likeness (QED) is 0.798. The van der Waals surface area contributed by atoms with Gasteiger partial charge in [0.2, 0.25) is 0 Å². The summed E-state index contributed by atoms with van der Waals surface area (Å²) in [5.74, 6) is -0.752. The molecule has 0 aliphatic carbocycles. The first-order valence-corrected chi connectivity index (χ1v) is 6.07. The van der Waals surface area contributed by atoms with Crippen LogP contribution in [0.1, 0.15) is 6.92 Å². The molecule has 0 aliphatic rings. The number of nitrogens with one attached hydrogen (secondary N) is 1. The van der Waals surface area contributed by atoms with Crippen LogP contribution in [0.15, 0.2) is 30.9 Å². The molecule has 0 unspecified atom stereocenters. The Morgan fingerprint density at radius 2 is 2.05 bits per heavy atom. The number of fused-ring (bicyclic) bond motifs is 1. The van der Waals surface area contributed by atoms with E-state index in [1.165, 1.54) is 6.33 Å². The molecule has 3 aromatic rings. The lowest BCUT2D eigenvalue weighted by atomic mass is 10.3. The molecule has 0 saturated heterocycles. The number of anilines is 2. The van der Waals surface area contributed by atoms with Gasteiger partial charge in [-0.15, -0.1) is 0 Å². The summed E-state index contributed by atoms with van der Waals surface area (Å²) < 4.78 is 28.6. The highest BCUT2D eigenvalue weighted by Crippen LogP contribution is 2.24. The lowest BCUT2D eigenvalue weighted by Gasteiger charge is -2.07. The van der Waals surface area contributed by atoms with Crippen molar-refractivity contribution in [1.82, 2.24) is 19.5 Å². The van der Waals surface area contributed by atoms with Crippen LogP contribution in [0, 0.1) is 11.6 Å². The monoisotopic (exact) mass is 275 g/mol. The predicted octanol–water partition coefficient (Wildman–Crippen LogP) is 2.87. The molecule has 2 aromatic heterocycles. The van der Waals surface area contributed by atoms with Crippen molar-refractivity contribution in [2.45, 2.75) is 13.5 Å². The molecule has 0 saturated carbocycles. The molecule has 0 bridgehead atoms. The van der Waals surface area contributed by atoms with Gasteiger partial charge in [-0.05, 0) is 19.1 Å². The van der Waals surface area contributed by atoms with Crippen molar-refractivity contribution >= 4 is 22.7 Å². The first-order chi connectivity index (χ1) is 9.69. The summed E-state index contributed by atoms with van der Waals surface area (Å²) in [5.41, 5.74) is 1.16. The fraction of sp³-hybridized carbons (Fsp3) is 0.154. The van der Waals surface area contributed by atoms with E-state index in [9.17, 15) is 8.78 Å². The highest BCUT2D eigenvalue weighted by Gasteiger charge is 2.11. The van der Waals surface area contributed by atoms with Crippen LogP contribution in [0.25, 0.3) is 11.2 Å². The molecule has 0 amide bonds. The summed E-state index contributed by atoms with van der Waals surface area (Å²) >= 11 is 0. The van der Waals surface area contributed by atoms with E-state index >= 15 is 0 Å². The normalized spacial score (nSPS) is 10.9. The molecule has 0 radical (unpaired) electrons. The van der Waals surface area contributed by atoms with E-state index in [1.807, 2.05) is 11.5 Å². The molecule has 0 spiro atoms. The van der Waals surface area contributed by atoms with E-state index in [4.69, 9.17) is 0 Å². The fourth-order valence-electron chi connectivity index (χ4n) is 1.92. The topological polar surface area (TPSA) is 55.6 Å². The lowest BCUT2D eigenvalue weighted by Crippen LogP contribution is -2.00. The van der Waals surface area contributed by atoms with Gasteiger partial charge in [-0.2, -0.15) is 0 Å². The number of hydrogen-bond donors (Lipinski definition) is 1. The Balaban J connectivity index is 2.06. The smallest absolute Gasteiger partial charge is 0.165 e. The number of imidazole rings is 1. The molecular weight excluding hydrogens is 264 g/mol. The summed E-state index contributed by atoms with van der Waals surface area (Å²) in [6, 6.07) is 3.18. The number of nitrogens with zero attached hydrogens (tertiary/aromatic N) is 4. The molecule has 2 heterocycles. The average Bonchev–Trinajstić information content (AvgIpc) is 2.87. The summed E-state index contributed by atoms with van der Waals surface area (Å²) in [7, 11) is 0. The SMILES string of the molecule is CCn1cnc2c(Nc3cc(F)ccc3F)ncnc21. The van der Waals surface area contributed by atoms with Crippen LogP contribution < -0.4 is 5.32 Å². The van der Waals surface area contributed by atoms with Crippen LogP contribution in [0.4, 0.5) is 20.3 Å². The van der Waals surface area contributed by atoms with Gasteiger partial charge in [0.05, 0.1) is 12.0 Å². The van der Waals surface area contributed by atoms with Gasteiger partial charge in [0, 0.05) is 12.6 Å². The fourth-order valence-corrected chi connectivity index (χ4v) is 1.92. The van der Waals surface area contributed by atoms with Gasteiger partial charge in [-0.25, -0.2) is 23.7 Å². The number of aromatic nitrogens is 4. The summed E-state index contributed by atoms with van der Waals surface area (Å²) in [6.45, 7) is 2.67. The second-order valence-electron chi connectivity index (χ2n) is 4.17. The highest BCUT2D eigenvalue weighted by molar-refractivity contribution is 5.85. The molecule has 1 N–H and O–H groups in total. The molecule has 102 valence electrons. The Morgan fingerprint density at radius 1 is 1.20 bits per heavy atom. The predicted molar refractivity (Wildman–Crippen MR) is 70.6 cm³/mol. The van der Waals surface area contributed by atoms with Crippen LogP contribution in [-0.4, -0.2) is 19.5 Å². The molecule has 20 heavy (non-hydrogen) atoms. The minimum atomic E-state index is -0.562. The van der Waals surface area contributed by atoms with Crippen molar-refractivity contribution in [1.29, 1.82) is 0 Å². The highest BCUT2D eigenvalue weighted by atomic mass is 19.1. The Kier molecular flexibility index (Phi) is 3.02. The Hall–Kier alpha value is -2.57. The van der Waals surface area contributed by atoms with Crippen LogP contribution in [0.2, 0.25) is 0 Å². The van der Waals surface area contributed by atoms with Crippen LogP contribution in [0.5, 0.6) is 0 Å². The number of rotatable bonds is 3. The molecule has 0 fully saturated rings. The third kappa shape index (κ3) is 2.07. The molecule has 5 nitrogen and oxygen atoms in total. The van der Waals surface area contributed by atoms with Gasteiger partial charge >= 0.3 is 0 Å². The lowest BCUT2D eigenvalue weighted by molar-refractivity contribution is 0.603. The van der Waals surface area contributed by atoms with Crippen molar-refractivity contribution in [3.63, 3.8) is 0 Å². The van der Waals surface area contributed by atoms with Gasteiger partial charge in [-0.3, -0.25) is 0 Å². The maximum Gasteiger partial charge on any atom is 0.165 e. The molecule has 7 heteroatoms. The zero-order chi connectivity index (χ0) is 14.1. The summed E-state index contributed by atoms with van der Waals surface area (Å²) in [4.78, 5) is 12.4. The Labute approximate surface area is 113 Å². The van der Waals surface area contributed by atoms with Crippen molar-refractivity contribution in [3.8, 4) is 0 Å². The second kappa shape index (κ2) is 4.84. The third-order valence-corrected chi connectivity index (χ3v) is 2.92. The van der Waals surface area contributed by atoms with Crippen LogP contribution in [-0.2, 0) is 6.54 Å². The van der Waals surface area contributed by atoms with Gasteiger partial charge in [0.15, 0.2) is 17.0 Å². The van der Waals surface area contributed by atoms with E-state index in [1.54, 1.807) is 6.33 Å². The Bertz CT molecular complexity index is 769. The van der Waals surface area contributed by atoms with Gasteiger partial charge in [-0.1, -0.05) is 0 Å². The molecular formula is C13H11F2N5. The van der Waals surface area contributed by atoms with E-state index in [0.717, 1.165) is 18.2 Å². The zero-order valence-corrected chi connectivity index (χ0v) is 10.6. The minimum Gasteiger partial charge on any atom is -0.336 e. The zero-order valence-electron chi connectivity index (χ0n) is 10.6. The molecule has 0 aliphatic heterocycles. The first-order valence-electron chi connectivity index (χ1n) is 6.07. The summed E-state index contributed by atoms with van der Waals surface area (Å²) in [6.07, 6.45) is 2.99. The molecule has 3 rings (SSSR count). The van der Waals surface area contributed by atoms with Crippen molar-refractivity contribution < 1.29 is 8.78 Å². The maximum absolute atomic E-state index is 13.6. The van der Waals surface area contributed by atoms with Gasteiger partial charge < -0.3 is 9.88 Å². The molecule has 1 aromatic carbocycles. The average molecular weight is 275 g/mol. The number of hydrogen-bond acceptors (Lipinski definition) is 4. The van der Waals surface area contributed by atoms with Crippen LogP contribution in [0.3, 0.4) is 0 Å². The van der Waals surface area contributed by atoms with Crippen molar-refractivity contribution in [3.05, 3.63) is 42.5 Å². The summed E-state index contributed by atoms with van der Waals surface area (Å²) in [5, 5.41) is 2.75. The van der Waals surface area contributed by atoms with E-state index in [0.29, 0.717) is 23.5 Å². The maximum atomic E-state index is 13.6. The number of benzene rings is 1. The second-order valence-corrected chi connectivity index (χ2v) is 4.17. The van der Waals surface area contributed by atoms with E-state index < -0.39 is 11.6 Å². The van der Waals surface area contributed by atoms with Crippen LogP contribution >= 0.6 is 0 Å². The molecule has 0 atom stereocenters. The van der Waals surface area contributed by atoms with Crippen molar-refractivity contribution in [2.24, 2.45) is 0 Å². The van der Waals surface area contributed by atoms with E-state index in [2.05, 4.69) is 20.3 Å². The van der Waals surface area contributed by atoms with E-state index in [-0.39, 0.29) is 5.69 Å². The van der Waals surface area contributed by atoms with Gasteiger partial charge in [0.1, 0.15) is 18.0 Å². The van der Waals surface area contributed by atoms with Gasteiger partial charge in [0.25, 0.3) is 0 Å². The largest absolute Gasteiger partial charge is 0.336 e. The Morgan fingerprint density at radius 3 is 2.85 bits per heavy atom. The number of halogens is 2. The number of aryl methyl sites for hydroxylation is 1. The minimum absolute atomic E-state index is 0.0102. The van der Waals surface area contributed by atoms with Crippen molar-refractivity contribution in [2.75, 3.05) is 5.32 Å².